The number of phenols is 1. The van der Waals surface area contributed by atoms with Crippen molar-refractivity contribution in [2.45, 2.75) is 91.5 Å². The molecule has 0 saturated carbocycles. The SMILES string of the molecule is CC(C)n1c(-c2cc(C(C)(C)C)ccc2O)nc2c(-c3[c-]c(-c4cccc5c(C(C)(C)C)ccnc45)cc(C(C)(C)c4ccccc4)c3)cccc21.[Pt]. The number of para-hydroxylation sites is 2. The number of hydrogen-bond donors (Lipinski definition) is 1. The smallest absolute Gasteiger partial charge is 0.144 e. The zero-order chi connectivity index (χ0) is 37.2. The Labute approximate surface area is 329 Å². The monoisotopic (exact) mass is 879 g/mol. The molecule has 0 spiro atoms. The maximum Gasteiger partial charge on any atom is 0.144 e. The first kappa shape index (κ1) is 38.2. The van der Waals surface area contributed by atoms with Gasteiger partial charge in [0.25, 0.3) is 0 Å². The molecule has 0 unspecified atom stereocenters. The van der Waals surface area contributed by atoms with Crippen LogP contribution in [0.2, 0.25) is 0 Å². The topological polar surface area (TPSA) is 50.9 Å². The Morgan fingerprint density at radius 2 is 1.26 bits per heavy atom. The molecular formula is C48H50N3OPt-. The number of aromatic nitrogens is 3. The molecule has 0 saturated heterocycles. The number of rotatable bonds is 6. The fourth-order valence-corrected chi connectivity index (χ4v) is 7.52. The molecule has 53 heavy (non-hydrogen) atoms. The van der Waals surface area contributed by atoms with E-state index in [1.807, 2.05) is 12.3 Å². The molecule has 274 valence electrons. The first-order valence-electron chi connectivity index (χ1n) is 18.4. The molecule has 1 N–H and O–H groups in total. The van der Waals surface area contributed by atoms with Gasteiger partial charge in [0.2, 0.25) is 0 Å². The van der Waals surface area contributed by atoms with Gasteiger partial charge < -0.3 is 9.67 Å². The summed E-state index contributed by atoms with van der Waals surface area (Å²) in [5, 5.41) is 12.4. The second-order valence-electron chi connectivity index (χ2n) is 17.1. The van der Waals surface area contributed by atoms with Gasteiger partial charge in [0.05, 0.1) is 16.6 Å². The molecule has 0 fully saturated rings. The molecule has 0 atom stereocenters. The van der Waals surface area contributed by atoms with E-state index in [1.54, 1.807) is 6.07 Å². The summed E-state index contributed by atoms with van der Waals surface area (Å²) < 4.78 is 2.25. The van der Waals surface area contributed by atoms with Crippen molar-refractivity contribution in [1.82, 2.24) is 14.5 Å². The Morgan fingerprint density at radius 1 is 0.623 bits per heavy atom. The summed E-state index contributed by atoms with van der Waals surface area (Å²) in [6, 6.07) is 40.3. The van der Waals surface area contributed by atoms with Gasteiger partial charge in [0.1, 0.15) is 11.6 Å². The van der Waals surface area contributed by atoms with Crippen molar-refractivity contribution in [3.05, 3.63) is 138 Å². The van der Waals surface area contributed by atoms with Crippen LogP contribution in [0.1, 0.15) is 97.5 Å². The first-order chi connectivity index (χ1) is 24.6. The van der Waals surface area contributed by atoms with E-state index in [4.69, 9.17) is 9.97 Å². The summed E-state index contributed by atoms with van der Waals surface area (Å²) in [6.45, 7) is 22.3. The van der Waals surface area contributed by atoms with Crippen LogP contribution in [0.25, 0.3) is 55.6 Å². The zero-order valence-electron chi connectivity index (χ0n) is 32.6. The molecule has 5 heteroatoms. The number of aromatic hydroxyl groups is 1. The van der Waals surface area contributed by atoms with Gasteiger partial charge in [0.15, 0.2) is 0 Å². The van der Waals surface area contributed by atoms with Crippen molar-refractivity contribution in [3.63, 3.8) is 0 Å². The second-order valence-corrected chi connectivity index (χ2v) is 17.1. The van der Waals surface area contributed by atoms with Crippen molar-refractivity contribution in [2.24, 2.45) is 0 Å². The van der Waals surface area contributed by atoms with Crippen molar-refractivity contribution in [2.75, 3.05) is 0 Å². The summed E-state index contributed by atoms with van der Waals surface area (Å²) in [5.41, 5.74) is 12.1. The molecule has 7 aromatic rings. The van der Waals surface area contributed by atoms with Crippen molar-refractivity contribution in [1.29, 1.82) is 0 Å². The molecule has 7 rings (SSSR count). The molecule has 0 bridgehead atoms. The molecule has 0 amide bonds. The van der Waals surface area contributed by atoms with Crippen LogP contribution in [-0.4, -0.2) is 19.6 Å². The van der Waals surface area contributed by atoms with E-state index >= 15 is 0 Å². The number of imidazole rings is 1. The first-order valence-corrected chi connectivity index (χ1v) is 18.4. The predicted octanol–water partition coefficient (Wildman–Crippen LogP) is 12.6. The van der Waals surface area contributed by atoms with Gasteiger partial charge in [-0.2, -0.15) is 0 Å². The summed E-state index contributed by atoms with van der Waals surface area (Å²) in [6.07, 6.45) is 1.94. The number of pyridine rings is 1. The van der Waals surface area contributed by atoms with E-state index in [-0.39, 0.29) is 49.1 Å². The fourth-order valence-electron chi connectivity index (χ4n) is 7.52. The minimum absolute atomic E-state index is 0. The Kier molecular flexibility index (Phi) is 10.1. The Balaban J connectivity index is 0.00000481. The number of phenolic OH excluding ortho intramolecular Hbond substituents is 1. The Hall–Kier alpha value is -4.53. The molecule has 0 aliphatic rings. The van der Waals surface area contributed by atoms with Crippen molar-refractivity contribution >= 4 is 21.9 Å². The third-order valence-corrected chi connectivity index (χ3v) is 10.6. The van der Waals surface area contributed by atoms with Gasteiger partial charge in [-0.05, 0) is 71.0 Å². The van der Waals surface area contributed by atoms with Crippen LogP contribution in [0, 0.1) is 6.07 Å². The van der Waals surface area contributed by atoms with Crippen LogP contribution in [-0.2, 0) is 37.3 Å². The van der Waals surface area contributed by atoms with Crippen LogP contribution in [0.3, 0.4) is 0 Å². The molecule has 0 aliphatic heterocycles. The third-order valence-electron chi connectivity index (χ3n) is 10.6. The number of fused-ring (bicyclic) bond motifs is 2. The largest absolute Gasteiger partial charge is 0.507 e. The Morgan fingerprint density at radius 3 is 1.89 bits per heavy atom. The van der Waals surface area contributed by atoms with Crippen LogP contribution in [0.15, 0.2) is 109 Å². The van der Waals surface area contributed by atoms with Gasteiger partial charge in [-0.15, -0.1) is 34.9 Å². The average molecular weight is 880 g/mol. The molecule has 2 aromatic heterocycles. The maximum absolute atomic E-state index is 11.3. The van der Waals surface area contributed by atoms with E-state index in [9.17, 15) is 5.11 Å². The molecule has 5 aromatic carbocycles. The van der Waals surface area contributed by atoms with E-state index in [0.29, 0.717) is 0 Å². The fraction of sp³-hybridized carbons (Fsp3) is 0.292. The van der Waals surface area contributed by atoms with Gasteiger partial charge in [-0.1, -0.05) is 133 Å². The minimum Gasteiger partial charge on any atom is -0.507 e. The van der Waals surface area contributed by atoms with Crippen molar-refractivity contribution < 1.29 is 26.2 Å². The van der Waals surface area contributed by atoms with E-state index < -0.39 is 0 Å². The van der Waals surface area contributed by atoms with Crippen LogP contribution >= 0.6 is 0 Å². The van der Waals surface area contributed by atoms with Crippen LogP contribution in [0.5, 0.6) is 5.75 Å². The van der Waals surface area contributed by atoms with E-state index in [1.165, 1.54) is 16.7 Å². The standard InChI is InChI=1S/C48H50N3O.Pt/c1-30(2)51-41-21-15-19-37(44(41)50-45(51)39-29-34(46(3,4)5)22-23-42(39)52)32-26-31(27-35(28-32)48(9,10)33-16-12-11-13-17-33)36-18-14-20-38-40(47(6,7)8)24-25-49-43(36)38;/h11-25,27-30,52H,1-10H3;/q-1;. The second kappa shape index (κ2) is 14.0. The summed E-state index contributed by atoms with van der Waals surface area (Å²) in [4.78, 5) is 10.4. The molecule has 0 aliphatic carbocycles. The average Bonchev–Trinajstić information content (AvgIpc) is 3.50. The van der Waals surface area contributed by atoms with Gasteiger partial charge in [0, 0.05) is 44.2 Å². The molecular weight excluding hydrogens is 830 g/mol. The Bertz CT molecular complexity index is 2440. The number of nitrogens with zero attached hydrogens (tertiary/aromatic N) is 3. The van der Waals surface area contributed by atoms with E-state index in [2.05, 4.69) is 171 Å². The predicted molar refractivity (Wildman–Crippen MR) is 218 cm³/mol. The third kappa shape index (κ3) is 6.99. The van der Waals surface area contributed by atoms with Gasteiger partial charge in [-0.3, -0.25) is 4.98 Å². The maximum atomic E-state index is 11.3. The van der Waals surface area contributed by atoms with Gasteiger partial charge >= 0.3 is 0 Å². The van der Waals surface area contributed by atoms with Gasteiger partial charge in [-0.25, -0.2) is 4.98 Å². The quantitative estimate of drug-likeness (QED) is 0.169. The summed E-state index contributed by atoms with van der Waals surface area (Å²) in [5.74, 6) is 0.986. The van der Waals surface area contributed by atoms with Crippen LogP contribution in [0.4, 0.5) is 0 Å². The summed E-state index contributed by atoms with van der Waals surface area (Å²) in [7, 11) is 0. The number of hydrogen-bond acceptors (Lipinski definition) is 3. The van der Waals surface area contributed by atoms with E-state index in [0.717, 1.165) is 61.1 Å². The molecule has 2 heterocycles. The number of benzene rings is 5. The molecule has 4 nitrogen and oxygen atoms in total. The van der Waals surface area contributed by atoms with Crippen molar-refractivity contribution in [3.8, 4) is 39.4 Å². The zero-order valence-corrected chi connectivity index (χ0v) is 34.8. The summed E-state index contributed by atoms with van der Waals surface area (Å²) >= 11 is 0. The molecule has 0 radical (unpaired) electrons. The normalized spacial score (nSPS) is 12.4. The van der Waals surface area contributed by atoms with Crippen LogP contribution < -0.4 is 0 Å². The minimum atomic E-state index is -0.302.